The normalized spacial score (nSPS) is 16.3. The minimum Gasteiger partial charge on any atom is -0.343 e. The van der Waals surface area contributed by atoms with E-state index in [0.29, 0.717) is 31.6 Å². The van der Waals surface area contributed by atoms with Crippen LogP contribution in [0.1, 0.15) is 53.1 Å². The minimum atomic E-state index is -0.0550. The zero-order chi connectivity index (χ0) is 22.1. The highest BCUT2D eigenvalue weighted by molar-refractivity contribution is 5.95. The van der Waals surface area contributed by atoms with Crippen LogP contribution in [0.15, 0.2) is 36.4 Å². The maximum absolute atomic E-state index is 13.2. The molecular formula is C25H29N5O2. The number of piperidine rings is 1. The van der Waals surface area contributed by atoms with Crippen molar-refractivity contribution in [2.24, 2.45) is 7.05 Å². The molecule has 0 N–H and O–H groups in total. The predicted octanol–water partition coefficient (Wildman–Crippen LogP) is 3.11. The Bertz CT molecular complexity index is 1160. The van der Waals surface area contributed by atoms with Crippen LogP contribution in [0.4, 0.5) is 0 Å². The first-order chi connectivity index (χ1) is 15.6. The van der Waals surface area contributed by atoms with E-state index < -0.39 is 0 Å². The molecule has 4 heterocycles. The van der Waals surface area contributed by atoms with Crippen LogP contribution in [0, 0.1) is 0 Å². The average Bonchev–Trinajstić information content (AvgIpc) is 3.17. The van der Waals surface area contributed by atoms with Gasteiger partial charge in [-0.1, -0.05) is 24.3 Å². The summed E-state index contributed by atoms with van der Waals surface area (Å²) in [5.74, 6) is 0.161. The summed E-state index contributed by atoms with van der Waals surface area (Å²) in [7, 11) is 1.96. The van der Waals surface area contributed by atoms with E-state index in [1.165, 1.54) is 12.1 Å². The first-order valence-electron chi connectivity index (χ1n) is 11.6. The number of likely N-dealkylation sites (tertiary alicyclic amines) is 1. The molecule has 1 fully saturated rings. The van der Waals surface area contributed by atoms with Crippen molar-refractivity contribution in [3.63, 3.8) is 0 Å². The molecule has 0 radical (unpaired) electrons. The van der Waals surface area contributed by atoms with Gasteiger partial charge in [-0.25, -0.2) is 4.98 Å². The molecule has 0 spiro atoms. The number of hydrogen-bond donors (Lipinski definition) is 0. The predicted molar refractivity (Wildman–Crippen MR) is 122 cm³/mol. The standard InChI is InChI=1S/C25H29N5O2/c1-28-23-13-16-30(25(32)22-10-9-18-7-3-4-8-20(18)26-22)17-19(23)21(27-28)11-12-24(31)29-14-5-2-6-15-29/h3-4,7-10H,2,5-6,11-17H2,1H3. The van der Waals surface area contributed by atoms with E-state index in [2.05, 4.69) is 4.98 Å². The topological polar surface area (TPSA) is 71.3 Å². The second-order valence-corrected chi connectivity index (χ2v) is 8.80. The van der Waals surface area contributed by atoms with Gasteiger partial charge >= 0.3 is 0 Å². The van der Waals surface area contributed by atoms with Gasteiger partial charge in [0, 0.05) is 69.1 Å². The number of nitrogens with zero attached hydrogens (tertiary/aromatic N) is 5. The Labute approximate surface area is 188 Å². The Morgan fingerprint density at radius 3 is 2.62 bits per heavy atom. The molecule has 0 atom stereocenters. The molecule has 2 aromatic heterocycles. The lowest BCUT2D eigenvalue weighted by atomic mass is 10.0. The Morgan fingerprint density at radius 2 is 1.78 bits per heavy atom. The zero-order valence-electron chi connectivity index (χ0n) is 18.6. The molecule has 7 nitrogen and oxygen atoms in total. The summed E-state index contributed by atoms with van der Waals surface area (Å²) in [5, 5.41) is 5.73. The SMILES string of the molecule is Cn1nc(CCC(=O)N2CCCCC2)c2c1CCN(C(=O)c1ccc3ccccc3n1)C2. The van der Waals surface area contributed by atoms with Crippen molar-refractivity contribution >= 4 is 22.7 Å². The second-order valence-electron chi connectivity index (χ2n) is 8.80. The molecule has 2 aliphatic heterocycles. The lowest BCUT2D eigenvalue weighted by molar-refractivity contribution is -0.132. The fourth-order valence-corrected chi connectivity index (χ4v) is 4.92. The van der Waals surface area contributed by atoms with Gasteiger partial charge in [0.15, 0.2) is 0 Å². The summed E-state index contributed by atoms with van der Waals surface area (Å²) >= 11 is 0. The van der Waals surface area contributed by atoms with Crippen molar-refractivity contribution in [3.8, 4) is 0 Å². The van der Waals surface area contributed by atoms with Crippen LogP contribution in [0.2, 0.25) is 0 Å². The quantitative estimate of drug-likeness (QED) is 0.636. The third-order valence-corrected chi connectivity index (χ3v) is 6.71. The first kappa shape index (κ1) is 20.7. The highest BCUT2D eigenvalue weighted by Gasteiger charge is 2.28. The minimum absolute atomic E-state index is 0.0550. The van der Waals surface area contributed by atoms with Gasteiger partial charge in [-0.3, -0.25) is 14.3 Å². The molecule has 2 aliphatic rings. The van der Waals surface area contributed by atoms with Crippen LogP contribution < -0.4 is 0 Å². The molecule has 3 aromatic rings. The van der Waals surface area contributed by atoms with Gasteiger partial charge in [-0.2, -0.15) is 5.10 Å². The molecule has 5 rings (SSSR count). The Kier molecular flexibility index (Phi) is 5.64. The van der Waals surface area contributed by atoms with Crippen LogP contribution in [-0.2, 0) is 31.2 Å². The summed E-state index contributed by atoms with van der Waals surface area (Å²) < 4.78 is 1.92. The smallest absolute Gasteiger partial charge is 0.272 e. The number of aromatic nitrogens is 3. The van der Waals surface area contributed by atoms with E-state index in [1.807, 2.05) is 57.9 Å². The van der Waals surface area contributed by atoms with E-state index >= 15 is 0 Å². The van der Waals surface area contributed by atoms with Crippen molar-refractivity contribution in [3.05, 3.63) is 59.0 Å². The summed E-state index contributed by atoms with van der Waals surface area (Å²) in [4.78, 5) is 34.3. The number of amides is 2. The average molecular weight is 432 g/mol. The van der Waals surface area contributed by atoms with Gasteiger partial charge in [-0.15, -0.1) is 0 Å². The van der Waals surface area contributed by atoms with Crippen molar-refractivity contribution in [1.29, 1.82) is 0 Å². The summed E-state index contributed by atoms with van der Waals surface area (Å²) in [5.41, 5.74) is 4.50. The molecule has 0 aliphatic carbocycles. The monoisotopic (exact) mass is 431 g/mol. The second kappa shape index (κ2) is 8.73. The third-order valence-electron chi connectivity index (χ3n) is 6.71. The fourth-order valence-electron chi connectivity index (χ4n) is 4.92. The van der Waals surface area contributed by atoms with Crippen LogP contribution >= 0.6 is 0 Å². The molecule has 32 heavy (non-hydrogen) atoms. The molecule has 0 unspecified atom stereocenters. The van der Waals surface area contributed by atoms with Crippen molar-refractivity contribution in [2.45, 2.75) is 45.1 Å². The molecule has 0 saturated carbocycles. The van der Waals surface area contributed by atoms with Gasteiger partial charge in [0.05, 0.1) is 11.2 Å². The van der Waals surface area contributed by atoms with Gasteiger partial charge < -0.3 is 9.80 Å². The largest absolute Gasteiger partial charge is 0.343 e. The molecule has 1 aromatic carbocycles. The number of rotatable bonds is 4. The molecule has 7 heteroatoms. The van der Waals surface area contributed by atoms with Crippen LogP contribution in [0.3, 0.4) is 0 Å². The molecule has 166 valence electrons. The first-order valence-corrected chi connectivity index (χ1v) is 11.6. The summed E-state index contributed by atoms with van der Waals surface area (Å²) in [6.45, 7) is 2.91. The van der Waals surface area contributed by atoms with E-state index in [-0.39, 0.29) is 11.8 Å². The van der Waals surface area contributed by atoms with E-state index in [9.17, 15) is 9.59 Å². The highest BCUT2D eigenvalue weighted by Crippen LogP contribution is 2.25. The number of pyridine rings is 1. The number of carbonyl (C=O) groups excluding carboxylic acids is 2. The number of para-hydroxylation sites is 1. The third kappa shape index (κ3) is 3.99. The molecular weight excluding hydrogens is 402 g/mol. The van der Waals surface area contributed by atoms with Gasteiger partial charge in [-0.05, 0) is 31.4 Å². The fraction of sp³-hybridized carbons (Fsp3) is 0.440. The van der Waals surface area contributed by atoms with E-state index in [1.54, 1.807) is 0 Å². The highest BCUT2D eigenvalue weighted by atomic mass is 16.2. The lowest BCUT2D eigenvalue weighted by Crippen LogP contribution is -2.37. The number of carbonyl (C=O) groups is 2. The molecule has 1 saturated heterocycles. The summed E-state index contributed by atoms with van der Waals surface area (Å²) in [6.07, 6.45) is 5.28. The van der Waals surface area contributed by atoms with Gasteiger partial charge in [0.2, 0.25) is 5.91 Å². The number of aryl methyl sites for hydroxylation is 2. The number of fused-ring (bicyclic) bond motifs is 2. The maximum Gasteiger partial charge on any atom is 0.272 e. The number of benzene rings is 1. The van der Waals surface area contributed by atoms with Crippen LogP contribution in [-0.4, -0.2) is 56.0 Å². The Morgan fingerprint density at radius 1 is 0.969 bits per heavy atom. The maximum atomic E-state index is 13.2. The Balaban J connectivity index is 1.31. The van der Waals surface area contributed by atoms with E-state index in [4.69, 9.17) is 5.10 Å². The van der Waals surface area contributed by atoms with Gasteiger partial charge in [0.25, 0.3) is 5.91 Å². The van der Waals surface area contributed by atoms with Crippen molar-refractivity contribution in [1.82, 2.24) is 24.6 Å². The molecule has 0 bridgehead atoms. The van der Waals surface area contributed by atoms with Crippen molar-refractivity contribution < 1.29 is 9.59 Å². The zero-order valence-corrected chi connectivity index (χ0v) is 18.6. The van der Waals surface area contributed by atoms with Gasteiger partial charge in [0.1, 0.15) is 5.69 Å². The summed E-state index contributed by atoms with van der Waals surface area (Å²) in [6, 6.07) is 11.6. The number of hydrogen-bond acceptors (Lipinski definition) is 4. The van der Waals surface area contributed by atoms with Crippen molar-refractivity contribution in [2.75, 3.05) is 19.6 Å². The van der Waals surface area contributed by atoms with E-state index in [0.717, 1.165) is 54.5 Å². The lowest BCUT2D eigenvalue weighted by Gasteiger charge is -2.28. The Hall–Kier alpha value is -3.22. The molecule has 2 amide bonds. The van der Waals surface area contributed by atoms with Crippen LogP contribution in [0.25, 0.3) is 10.9 Å². The van der Waals surface area contributed by atoms with Crippen LogP contribution in [0.5, 0.6) is 0 Å².